The second kappa shape index (κ2) is 6.68. The molecule has 0 N–H and O–H groups in total. The van der Waals surface area contributed by atoms with E-state index in [4.69, 9.17) is 4.99 Å². The second-order valence-corrected chi connectivity index (χ2v) is 7.16. The molecule has 1 aromatic carbocycles. The van der Waals surface area contributed by atoms with Crippen LogP contribution in [-0.2, 0) is 0 Å². The SMILES string of the molecule is CCCN1C=c2cc(C(=O)c3nc(Br)c4ccccn34)ccc2=NC1C. The summed E-state index contributed by atoms with van der Waals surface area (Å²) in [7, 11) is 0. The summed E-state index contributed by atoms with van der Waals surface area (Å²) in [5.74, 6) is 0.299. The summed E-state index contributed by atoms with van der Waals surface area (Å²) < 4.78 is 2.48. The summed E-state index contributed by atoms with van der Waals surface area (Å²) in [5, 5.41) is 1.90. The van der Waals surface area contributed by atoms with E-state index >= 15 is 0 Å². The molecule has 1 aliphatic rings. The average molecular weight is 411 g/mol. The summed E-state index contributed by atoms with van der Waals surface area (Å²) in [4.78, 5) is 24.4. The van der Waals surface area contributed by atoms with Gasteiger partial charge in [0.1, 0.15) is 10.8 Å². The third-order valence-corrected chi connectivity index (χ3v) is 5.17. The van der Waals surface area contributed by atoms with Gasteiger partial charge >= 0.3 is 0 Å². The Morgan fingerprint density at radius 2 is 2.12 bits per heavy atom. The molecule has 26 heavy (non-hydrogen) atoms. The lowest BCUT2D eigenvalue weighted by molar-refractivity contribution is 0.102. The molecule has 0 spiro atoms. The molecule has 1 unspecified atom stereocenters. The second-order valence-electron chi connectivity index (χ2n) is 6.41. The standard InChI is InChI=1S/C20H19BrN4O/c1-3-9-24-12-15-11-14(7-8-16(15)22-13(24)2)18(26)20-23-19(21)17-6-4-5-10-25(17)20/h4-8,10-13H,3,9H2,1-2H3. The number of fused-ring (bicyclic) bond motifs is 2. The van der Waals surface area contributed by atoms with Gasteiger partial charge in [0.2, 0.25) is 5.78 Å². The highest BCUT2D eigenvalue weighted by atomic mass is 79.9. The van der Waals surface area contributed by atoms with E-state index in [1.54, 1.807) is 0 Å². The smallest absolute Gasteiger partial charge is 0.228 e. The number of nitrogens with zero attached hydrogens (tertiary/aromatic N) is 4. The van der Waals surface area contributed by atoms with E-state index in [9.17, 15) is 4.79 Å². The summed E-state index contributed by atoms with van der Waals surface area (Å²) in [5.41, 5.74) is 1.49. The molecule has 4 rings (SSSR count). The number of imidazole rings is 1. The molecule has 3 heterocycles. The van der Waals surface area contributed by atoms with Crippen molar-refractivity contribution in [3.8, 4) is 0 Å². The van der Waals surface area contributed by atoms with E-state index in [0.29, 0.717) is 16.0 Å². The van der Waals surface area contributed by atoms with Gasteiger partial charge in [-0.3, -0.25) is 14.2 Å². The third kappa shape index (κ3) is 2.84. The molecule has 2 aromatic heterocycles. The minimum Gasteiger partial charge on any atom is -0.356 e. The topological polar surface area (TPSA) is 50.0 Å². The van der Waals surface area contributed by atoms with Crippen molar-refractivity contribution < 1.29 is 4.79 Å². The van der Waals surface area contributed by atoms with Crippen LogP contribution < -0.4 is 10.6 Å². The Labute approximate surface area is 159 Å². The predicted octanol–water partition coefficient (Wildman–Crippen LogP) is 2.76. The van der Waals surface area contributed by atoms with Gasteiger partial charge in [0, 0.05) is 29.7 Å². The third-order valence-electron chi connectivity index (χ3n) is 4.59. The van der Waals surface area contributed by atoms with Crippen molar-refractivity contribution >= 4 is 33.4 Å². The molecular weight excluding hydrogens is 392 g/mol. The van der Waals surface area contributed by atoms with Crippen LogP contribution in [0.15, 0.2) is 52.2 Å². The molecule has 1 aliphatic heterocycles. The minimum absolute atomic E-state index is 0.103. The van der Waals surface area contributed by atoms with Crippen LogP contribution in [0.5, 0.6) is 0 Å². The summed E-state index contributed by atoms with van der Waals surface area (Å²) >= 11 is 3.44. The number of ketones is 1. The van der Waals surface area contributed by atoms with E-state index in [0.717, 1.165) is 29.1 Å². The lowest BCUT2D eigenvalue weighted by Gasteiger charge is -2.26. The molecule has 6 heteroatoms. The van der Waals surface area contributed by atoms with Crippen LogP contribution in [0.4, 0.5) is 0 Å². The van der Waals surface area contributed by atoms with Gasteiger partial charge in [-0.2, -0.15) is 0 Å². The normalized spacial score (nSPS) is 16.1. The molecular formula is C20H19BrN4O. The average Bonchev–Trinajstić information content (AvgIpc) is 2.99. The van der Waals surface area contributed by atoms with Crippen LogP contribution in [0.1, 0.15) is 36.5 Å². The summed E-state index contributed by atoms with van der Waals surface area (Å²) in [6, 6.07) is 11.4. The fourth-order valence-corrected chi connectivity index (χ4v) is 3.77. The van der Waals surface area contributed by atoms with E-state index in [1.165, 1.54) is 0 Å². The Morgan fingerprint density at radius 1 is 1.27 bits per heavy atom. The van der Waals surface area contributed by atoms with Crippen molar-refractivity contribution in [2.45, 2.75) is 26.4 Å². The minimum atomic E-state index is -0.103. The van der Waals surface area contributed by atoms with E-state index in [2.05, 4.69) is 45.9 Å². The monoisotopic (exact) mass is 410 g/mol. The Morgan fingerprint density at radius 3 is 2.92 bits per heavy atom. The van der Waals surface area contributed by atoms with Crippen molar-refractivity contribution in [3.05, 3.63) is 69.2 Å². The molecule has 0 amide bonds. The van der Waals surface area contributed by atoms with Crippen LogP contribution in [0.3, 0.4) is 0 Å². The van der Waals surface area contributed by atoms with Gasteiger partial charge in [-0.1, -0.05) is 13.0 Å². The number of carbonyl (C=O) groups excluding carboxylic acids is 1. The van der Waals surface area contributed by atoms with Crippen LogP contribution in [-0.4, -0.2) is 32.8 Å². The Balaban J connectivity index is 1.80. The van der Waals surface area contributed by atoms with E-state index in [1.807, 2.05) is 47.0 Å². The quantitative estimate of drug-likeness (QED) is 0.621. The maximum absolute atomic E-state index is 13.1. The van der Waals surface area contributed by atoms with E-state index in [-0.39, 0.29) is 11.9 Å². The zero-order valence-corrected chi connectivity index (χ0v) is 16.3. The Bertz CT molecular complexity index is 1120. The molecule has 132 valence electrons. The predicted molar refractivity (Wildman–Crippen MR) is 104 cm³/mol. The molecule has 3 aromatic rings. The highest BCUT2D eigenvalue weighted by Crippen LogP contribution is 2.20. The Hall–Kier alpha value is -2.47. The van der Waals surface area contributed by atoms with Crippen LogP contribution in [0, 0.1) is 0 Å². The number of benzene rings is 1. The summed E-state index contributed by atoms with van der Waals surface area (Å²) in [6.45, 7) is 5.18. The number of hydrogen-bond donors (Lipinski definition) is 0. The molecule has 0 saturated heterocycles. The van der Waals surface area contributed by atoms with Crippen molar-refractivity contribution in [3.63, 3.8) is 0 Å². The first-order valence-corrected chi connectivity index (χ1v) is 9.50. The largest absolute Gasteiger partial charge is 0.356 e. The fourth-order valence-electron chi connectivity index (χ4n) is 3.28. The number of carbonyl (C=O) groups is 1. The van der Waals surface area contributed by atoms with Gasteiger partial charge in [-0.15, -0.1) is 0 Å². The van der Waals surface area contributed by atoms with Gasteiger partial charge in [0.15, 0.2) is 5.82 Å². The number of halogens is 1. The first-order valence-electron chi connectivity index (χ1n) is 8.71. The zero-order chi connectivity index (χ0) is 18.3. The van der Waals surface area contributed by atoms with Gasteiger partial charge in [0.25, 0.3) is 0 Å². The molecule has 0 fully saturated rings. The highest BCUT2D eigenvalue weighted by molar-refractivity contribution is 9.10. The molecule has 0 radical (unpaired) electrons. The lowest BCUT2D eigenvalue weighted by Crippen LogP contribution is -2.41. The van der Waals surface area contributed by atoms with Gasteiger partial charge in [-0.05, 0) is 59.6 Å². The zero-order valence-electron chi connectivity index (χ0n) is 14.7. The molecule has 1 atom stereocenters. The summed E-state index contributed by atoms with van der Waals surface area (Å²) in [6.07, 6.45) is 5.13. The first kappa shape index (κ1) is 17.0. The first-order chi connectivity index (χ1) is 12.6. The van der Waals surface area contributed by atoms with Crippen LogP contribution in [0.25, 0.3) is 11.7 Å². The molecule has 5 nitrogen and oxygen atoms in total. The number of hydrogen-bond acceptors (Lipinski definition) is 4. The van der Waals surface area contributed by atoms with Crippen molar-refractivity contribution in [1.29, 1.82) is 0 Å². The Kier molecular flexibility index (Phi) is 4.36. The number of rotatable bonds is 4. The lowest BCUT2D eigenvalue weighted by atomic mass is 10.1. The van der Waals surface area contributed by atoms with Gasteiger partial charge in [0.05, 0.1) is 10.9 Å². The number of aromatic nitrogens is 2. The van der Waals surface area contributed by atoms with Gasteiger partial charge < -0.3 is 4.90 Å². The van der Waals surface area contributed by atoms with Crippen molar-refractivity contribution in [2.75, 3.05) is 6.54 Å². The number of pyridine rings is 1. The maximum atomic E-state index is 13.1. The maximum Gasteiger partial charge on any atom is 0.228 e. The van der Waals surface area contributed by atoms with Crippen LogP contribution in [0.2, 0.25) is 0 Å². The van der Waals surface area contributed by atoms with Crippen molar-refractivity contribution in [2.24, 2.45) is 4.99 Å². The van der Waals surface area contributed by atoms with E-state index < -0.39 is 0 Å². The molecule has 0 saturated carbocycles. The molecule has 0 aliphatic carbocycles. The van der Waals surface area contributed by atoms with Crippen molar-refractivity contribution in [1.82, 2.24) is 14.3 Å². The molecule has 0 bridgehead atoms. The highest BCUT2D eigenvalue weighted by Gasteiger charge is 2.19. The fraction of sp³-hybridized carbons (Fsp3) is 0.250. The van der Waals surface area contributed by atoms with Gasteiger partial charge in [-0.25, -0.2) is 4.98 Å². The van der Waals surface area contributed by atoms with Crippen LogP contribution >= 0.6 is 15.9 Å².